The van der Waals surface area contributed by atoms with Crippen molar-refractivity contribution in [1.82, 2.24) is 15.2 Å². The van der Waals surface area contributed by atoms with Crippen molar-refractivity contribution in [1.29, 1.82) is 0 Å². The number of benzene rings is 2. The number of ether oxygens (including phenoxy) is 1. The van der Waals surface area contributed by atoms with Gasteiger partial charge in [-0.3, -0.25) is 0 Å². The molecule has 2 aromatic heterocycles. The maximum Gasteiger partial charge on any atom is 0.358 e. The highest BCUT2D eigenvalue weighted by atomic mass is 32.1. The fourth-order valence-electron chi connectivity index (χ4n) is 2.60. The summed E-state index contributed by atoms with van der Waals surface area (Å²) in [6.45, 7) is 3.91. The molecular formula is C21H17N3O3S. The van der Waals surface area contributed by atoms with Crippen LogP contribution in [0.3, 0.4) is 0 Å². The SMILES string of the molecule is Cc1ccc(-c2nc(C(=O)OCc3nnc(-c4cccc(C)c4)o3)cs2)cc1. The predicted molar refractivity (Wildman–Crippen MR) is 106 cm³/mol. The van der Waals surface area contributed by atoms with E-state index < -0.39 is 5.97 Å². The second kappa shape index (κ2) is 7.74. The maximum absolute atomic E-state index is 12.3. The lowest BCUT2D eigenvalue weighted by atomic mass is 10.1. The molecule has 0 aliphatic carbocycles. The van der Waals surface area contributed by atoms with Gasteiger partial charge in [-0.05, 0) is 26.0 Å². The van der Waals surface area contributed by atoms with Gasteiger partial charge in [-0.2, -0.15) is 0 Å². The van der Waals surface area contributed by atoms with Gasteiger partial charge >= 0.3 is 5.97 Å². The van der Waals surface area contributed by atoms with Crippen molar-refractivity contribution in [2.45, 2.75) is 20.5 Å². The van der Waals surface area contributed by atoms with Crippen LogP contribution in [0.2, 0.25) is 0 Å². The van der Waals surface area contributed by atoms with E-state index >= 15 is 0 Å². The zero-order valence-electron chi connectivity index (χ0n) is 15.4. The van der Waals surface area contributed by atoms with Crippen molar-refractivity contribution in [2.75, 3.05) is 0 Å². The molecule has 0 aliphatic rings. The Balaban J connectivity index is 1.40. The average molecular weight is 391 g/mol. The first-order valence-corrected chi connectivity index (χ1v) is 9.55. The van der Waals surface area contributed by atoms with Gasteiger partial charge in [0.25, 0.3) is 5.89 Å². The summed E-state index contributed by atoms with van der Waals surface area (Å²) in [4.78, 5) is 16.6. The molecule has 0 saturated heterocycles. The van der Waals surface area contributed by atoms with Crippen LogP contribution in [0.4, 0.5) is 0 Å². The third-order valence-electron chi connectivity index (χ3n) is 4.07. The van der Waals surface area contributed by atoms with Gasteiger partial charge in [0.05, 0.1) is 0 Å². The molecule has 2 heterocycles. The molecule has 6 nitrogen and oxygen atoms in total. The molecular weight excluding hydrogens is 374 g/mol. The van der Waals surface area contributed by atoms with E-state index in [0.717, 1.165) is 21.7 Å². The second-order valence-corrected chi connectivity index (χ2v) is 7.21. The van der Waals surface area contributed by atoms with E-state index in [9.17, 15) is 4.79 Å². The van der Waals surface area contributed by atoms with E-state index in [2.05, 4.69) is 15.2 Å². The molecule has 7 heteroatoms. The lowest BCUT2D eigenvalue weighted by molar-refractivity contribution is 0.0433. The van der Waals surface area contributed by atoms with E-state index in [0.29, 0.717) is 5.89 Å². The summed E-state index contributed by atoms with van der Waals surface area (Å²) in [5.41, 5.74) is 4.32. The number of thiazole rings is 1. The summed E-state index contributed by atoms with van der Waals surface area (Å²) < 4.78 is 10.8. The van der Waals surface area contributed by atoms with Gasteiger partial charge in [-0.25, -0.2) is 9.78 Å². The Kier molecular flexibility index (Phi) is 4.99. The largest absolute Gasteiger partial charge is 0.451 e. The van der Waals surface area contributed by atoms with Gasteiger partial charge in [0.1, 0.15) is 5.01 Å². The molecule has 4 rings (SSSR count). The fraction of sp³-hybridized carbons (Fsp3) is 0.143. The van der Waals surface area contributed by atoms with Crippen LogP contribution in [0.25, 0.3) is 22.0 Å². The number of aromatic nitrogens is 3. The summed E-state index contributed by atoms with van der Waals surface area (Å²) in [7, 11) is 0. The summed E-state index contributed by atoms with van der Waals surface area (Å²) in [6.07, 6.45) is 0. The molecule has 140 valence electrons. The van der Waals surface area contributed by atoms with Crippen molar-refractivity contribution in [3.63, 3.8) is 0 Å². The van der Waals surface area contributed by atoms with Crippen LogP contribution in [-0.2, 0) is 11.3 Å². The molecule has 0 N–H and O–H groups in total. The number of carbonyl (C=O) groups is 1. The topological polar surface area (TPSA) is 78.1 Å². The predicted octanol–water partition coefficient (Wildman–Crippen LogP) is 4.83. The minimum absolute atomic E-state index is 0.102. The lowest BCUT2D eigenvalue weighted by Crippen LogP contribution is -2.05. The normalized spacial score (nSPS) is 10.8. The van der Waals surface area contributed by atoms with Crippen LogP contribution < -0.4 is 0 Å². The van der Waals surface area contributed by atoms with Crippen LogP contribution in [0, 0.1) is 13.8 Å². The zero-order chi connectivity index (χ0) is 19.5. The molecule has 0 unspecified atom stereocenters. The Bertz CT molecular complexity index is 1120. The maximum atomic E-state index is 12.3. The molecule has 0 bridgehead atoms. The second-order valence-electron chi connectivity index (χ2n) is 6.35. The quantitative estimate of drug-likeness (QED) is 0.453. The van der Waals surface area contributed by atoms with Crippen LogP contribution in [0.1, 0.15) is 27.5 Å². The monoisotopic (exact) mass is 391 g/mol. The minimum Gasteiger partial charge on any atom is -0.451 e. The van der Waals surface area contributed by atoms with Gasteiger partial charge in [-0.15, -0.1) is 21.5 Å². The number of esters is 1. The van der Waals surface area contributed by atoms with Gasteiger partial charge in [0.15, 0.2) is 12.3 Å². The highest BCUT2D eigenvalue weighted by Crippen LogP contribution is 2.24. The number of aryl methyl sites for hydroxylation is 2. The summed E-state index contributed by atoms with van der Waals surface area (Å²) in [5, 5.41) is 10.4. The molecule has 0 radical (unpaired) electrons. The Labute approximate surface area is 165 Å². The van der Waals surface area contributed by atoms with Crippen molar-refractivity contribution in [3.8, 4) is 22.0 Å². The van der Waals surface area contributed by atoms with E-state index in [1.54, 1.807) is 5.38 Å². The van der Waals surface area contributed by atoms with E-state index in [1.165, 1.54) is 16.9 Å². The number of nitrogens with zero attached hydrogens (tertiary/aromatic N) is 3. The van der Waals surface area contributed by atoms with Crippen LogP contribution in [-0.4, -0.2) is 21.2 Å². The van der Waals surface area contributed by atoms with Crippen molar-refractivity contribution < 1.29 is 13.9 Å². The van der Waals surface area contributed by atoms with E-state index in [1.807, 2.05) is 62.4 Å². The van der Waals surface area contributed by atoms with Gasteiger partial charge in [0, 0.05) is 16.5 Å². The molecule has 28 heavy (non-hydrogen) atoms. The van der Waals surface area contributed by atoms with Crippen LogP contribution >= 0.6 is 11.3 Å². The number of carbonyl (C=O) groups excluding carboxylic acids is 1. The van der Waals surface area contributed by atoms with Gasteiger partial charge < -0.3 is 9.15 Å². The first kappa shape index (κ1) is 18.1. The van der Waals surface area contributed by atoms with Gasteiger partial charge in [0.2, 0.25) is 5.89 Å². The molecule has 0 atom stereocenters. The summed E-state index contributed by atoms with van der Waals surface area (Å²) in [5.74, 6) is 0.105. The minimum atomic E-state index is -0.523. The smallest absolute Gasteiger partial charge is 0.358 e. The fourth-order valence-corrected chi connectivity index (χ4v) is 3.40. The van der Waals surface area contributed by atoms with E-state index in [-0.39, 0.29) is 18.2 Å². The molecule has 2 aromatic carbocycles. The first-order chi connectivity index (χ1) is 13.6. The van der Waals surface area contributed by atoms with Crippen LogP contribution in [0.5, 0.6) is 0 Å². The molecule has 0 saturated carbocycles. The summed E-state index contributed by atoms with van der Waals surface area (Å²) >= 11 is 1.40. The Morgan fingerprint density at radius 3 is 2.64 bits per heavy atom. The first-order valence-electron chi connectivity index (χ1n) is 8.67. The molecule has 0 fully saturated rings. The molecule has 0 spiro atoms. The number of hydrogen-bond donors (Lipinski definition) is 0. The summed E-state index contributed by atoms with van der Waals surface area (Å²) in [6, 6.07) is 15.7. The third-order valence-corrected chi connectivity index (χ3v) is 4.96. The average Bonchev–Trinajstić information content (AvgIpc) is 3.37. The Morgan fingerprint density at radius 2 is 1.86 bits per heavy atom. The molecule has 0 amide bonds. The standard InChI is InChI=1S/C21H17N3O3S/c1-13-6-8-15(9-7-13)20-22-17(12-28-20)21(25)26-11-18-23-24-19(27-18)16-5-3-4-14(2)10-16/h3-10,12H,11H2,1-2H3. The van der Waals surface area contributed by atoms with E-state index in [4.69, 9.17) is 9.15 Å². The molecule has 0 aliphatic heterocycles. The van der Waals surface area contributed by atoms with Crippen molar-refractivity contribution in [3.05, 3.63) is 76.6 Å². The van der Waals surface area contributed by atoms with Gasteiger partial charge in [-0.1, -0.05) is 47.5 Å². The Hall–Kier alpha value is -3.32. The Morgan fingerprint density at radius 1 is 1.04 bits per heavy atom. The highest BCUT2D eigenvalue weighted by Gasteiger charge is 2.16. The van der Waals surface area contributed by atoms with Crippen molar-refractivity contribution >= 4 is 17.3 Å². The van der Waals surface area contributed by atoms with Crippen molar-refractivity contribution in [2.24, 2.45) is 0 Å². The zero-order valence-corrected chi connectivity index (χ0v) is 16.2. The molecule has 4 aromatic rings. The lowest BCUT2D eigenvalue weighted by Gasteiger charge is -1.99. The van der Waals surface area contributed by atoms with Crippen LogP contribution in [0.15, 0.2) is 58.3 Å². The number of hydrogen-bond acceptors (Lipinski definition) is 7. The highest BCUT2D eigenvalue weighted by molar-refractivity contribution is 7.13. The number of rotatable bonds is 5. The third kappa shape index (κ3) is 3.99.